The third-order valence-corrected chi connectivity index (χ3v) is 4.90. The molecule has 0 unspecified atom stereocenters. The van der Waals surface area contributed by atoms with Crippen molar-refractivity contribution < 1.29 is 9.47 Å². The van der Waals surface area contributed by atoms with Gasteiger partial charge in [0.1, 0.15) is 11.5 Å². The zero-order valence-corrected chi connectivity index (χ0v) is 15.5. The molecule has 0 saturated carbocycles. The SMILES string of the molecule is COc1cccc(C2=NC=CN3CCc4c(OC)cc(Cl)cc4C3=C2)c1. The molecule has 2 heterocycles. The van der Waals surface area contributed by atoms with Crippen molar-refractivity contribution in [1.82, 2.24) is 4.90 Å². The number of benzene rings is 2. The first-order valence-electron chi connectivity index (χ1n) is 8.43. The lowest BCUT2D eigenvalue weighted by atomic mass is 9.94. The van der Waals surface area contributed by atoms with Crippen molar-refractivity contribution in [3.63, 3.8) is 0 Å². The van der Waals surface area contributed by atoms with E-state index in [1.54, 1.807) is 14.2 Å². The van der Waals surface area contributed by atoms with E-state index in [1.807, 2.05) is 48.8 Å². The first kappa shape index (κ1) is 16.7. The molecule has 2 aliphatic rings. The summed E-state index contributed by atoms with van der Waals surface area (Å²) in [6.45, 7) is 0.869. The van der Waals surface area contributed by atoms with Gasteiger partial charge in [0.15, 0.2) is 0 Å². The number of methoxy groups -OCH3 is 2. The summed E-state index contributed by atoms with van der Waals surface area (Å²) >= 11 is 6.34. The molecule has 0 aromatic heterocycles. The number of nitrogens with zero attached hydrogens (tertiary/aromatic N) is 2. The quantitative estimate of drug-likeness (QED) is 0.800. The van der Waals surface area contributed by atoms with Crippen LogP contribution < -0.4 is 9.47 Å². The van der Waals surface area contributed by atoms with Crippen molar-refractivity contribution in [1.29, 1.82) is 0 Å². The maximum absolute atomic E-state index is 6.34. The van der Waals surface area contributed by atoms with E-state index in [4.69, 9.17) is 21.1 Å². The van der Waals surface area contributed by atoms with E-state index in [-0.39, 0.29) is 0 Å². The lowest BCUT2D eigenvalue weighted by Gasteiger charge is -2.31. The van der Waals surface area contributed by atoms with Crippen molar-refractivity contribution in [3.8, 4) is 11.5 Å². The van der Waals surface area contributed by atoms with Crippen LogP contribution >= 0.6 is 11.6 Å². The Hall–Kier alpha value is -2.72. The highest BCUT2D eigenvalue weighted by Gasteiger charge is 2.25. The minimum absolute atomic E-state index is 0.663. The van der Waals surface area contributed by atoms with Crippen LogP contribution in [-0.4, -0.2) is 31.4 Å². The van der Waals surface area contributed by atoms with Crippen LogP contribution in [-0.2, 0) is 6.42 Å². The number of halogens is 1. The van der Waals surface area contributed by atoms with Gasteiger partial charge in [-0.1, -0.05) is 23.7 Å². The molecule has 0 radical (unpaired) electrons. The second kappa shape index (κ2) is 6.89. The number of ether oxygens (including phenoxy) is 2. The Kier molecular flexibility index (Phi) is 4.43. The molecule has 0 bridgehead atoms. The predicted molar refractivity (Wildman–Crippen MR) is 105 cm³/mol. The van der Waals surface area contributed by atoms with Crippen molar-refractivity contribution in [2.24, 2.45) is 4.99 Å². The lowest BCUT2D eigenvalue weighted by molar-refractivity contribution is 0.403. The zero-order chi connectivity index (χ0) is 18.1. The Morgan fingerprint density at radius 2 is 2.00 bits per heavy atom. The summed E-state index contributed by atoms with van der Waals surface area (Å²) in [4.78, 5) is 6.83. The van der Waals surface area contributed by atoms with E-state index in [0.29, 0.717) is 5.02 Å². The molecule has 26 heavy (non-hydrogen) atoms. The fourth-order valence-corrected chi connectivity index (χ4v) is 3.61. The minimum atomic E-state index is 0.663. The van der Waals surface area contributed by atoms with Gasteiger partial charge in [0, 0.05) is 40.7 Å². The second-order valence-corrected chi connectivity index (χ2v) is 6.59. The number of hydrogen-bond acceptors (Lipinski definition) is 4. The Balaban J connectivity index is 1.85. The molecule has 0 fully saturated rings. The third kappa shape index (κ3) is 2.97. The predicted octanol–water partition coefficient (Wildman–Crippen LogP) is 4.53. The van der Waals surface area contributed by atoms with E-state index >= 15 is 0 Å². The molecule has 2 aromatic carbocycles. The number of hydrogen-bond donors (Lipinski definition) is 0. The molecule has 0 atom stereocenters. The van der Waals surface area contributed by atoms with Gasteiger partial charge >= 0.3 is 0 Å². The van der Waals surface area contributed by atoms with Crippen molar-refractivity contribution in [3.05, 3.63) is 76.6 Å². The van der Waals surface area contributed by atoms with Crippen LogP contribution in [0, 0.1) is 0 Å². The van der Waals surface area contributed by atoms with Gasteiger partial charge in [-0.2, -0.15) is 0 Å². The van der Waals surface area contributed by atoms with Crippen LogP contribution in [0.15, 0.2) is 59.9 Å². The van der Waals surface area contributed by atoms with Gasteiger partial charge in [-0.3, -0.25) is 4.99 Å². The van der Waals surface area contributed by atoms with E-state index in [9.17, 15) is 0 Å². The van der Waals surface area contributed by atoms with Crippen LogP contribution in [0.2, 0.25) is 5.02 Å². The molecule has 2 aromatic rings. The Morgan fingerprint density at radius 1 is 1.12 bits per heavy atom. The largest absolute Gasteiger partial charge is 0.497 e. The number of aliphatic imine (C=N–C) groups is 1. The first-order chi connectivity index (χ1) is 12.7. The maximum Gasteiger partial charge on any atom is 0.124 e. The van der Waals surface area contributed by atoms with E-state index in [2.05, 4.69) is 16.0 Å². The average Bonchev–Trinajstić information content (AvgIpc) is 2.90. The summed E-state index contributed by atoms with van der Waals surface area (Å²) in [7, 11) is 3.35. The van der Waals surface area contributed by atoms with Crippen LogP contribution in [0.1, 0.15) is 16.7 Å². The molecule has 0 saturated heterocycles. The summed E-state index contributed by atoms with van der Waals surface area (Å²) in [6, 6.07) is 11.8. The summed E-state index contributed by atoms with van der Waals surface area (Å²) in [6.07, 6.45) is 6.84. The smallest absolute Gasteiger partial charge is 0.124 e. The normalized spacial score (nSPS) is 15.4. The Labute approximate surface area is 158 Å². The number of fused-ring (bicyclic) bond motifs is 3. The third-order valence-electron chi connectivity index (χ3n) is 4.68. The molecule has 5 heteroatoms. The molecule has 0 amide bonds. The summed E-state index contributed by atoms with van der Waals surface area (Å²) in [5, 5.41) is 0.663. The van der Waals surface area contributed by atoms with Crippen LogP contribution in [0.3, 0.4) is 0 Å². The van der Waals surface area contributed by atoms with E-state index in [1.165, 1.54) is 5.56 Å². The minimum Gasteiger partial charge on any atom is -0.497 e. The van der Waals surface area contributed by atoms with Gasteiger partial charge in [0.25, 0.3) is 0 Å². The van der Waals surface area contributed by atoms with Gasteiger partial charge in [0.05, 0.1) is 25.6 Å². The van der Waals surface area contributed by atoms with Gasteiger partial charge in [0.2, 0.25) is 0 Å². The lowest BCUT2D eigenvalue weighted by Crippen LogP contribution is -2.25. The molecular formula is C21H19ClN2O2. The van der Waals surface area contributed by atoms with Crippen molar-refractivity contribution >= 4 is 23.0 Å². The second-order valence-electron chi connectivity index (χ2n) is 6.15. The van der Waals surface area contributed by atoms with Gasteiger partial charge in [-0.15, -0.1) is 0 Å². The molecule has 4 nitrogen and oxygen atoms in total. The summed E-state index contributed by atoms with van der Waals surface area (Å²) in [5.74, 6) is 1.64. The fraction of sp³-hybridized carbons (Fsp3) is 0.190. The molecule has 0 spiro atoms. The number of allylic oxidation sites excluding steroid dienone is 1. The zero-order valence-electron chi connectivity index (χ0n) is 14.7. The highest BCUT2D eigenvalue weighted by molar-refractivity contribution is 6.31. The summed E-state index contributed by atoms with van der Waals surface area (Å²) in [5.41, 5.74) is 5.22. The summed E-state index contributed by atoms with van der Waals surface area (Å²) < 4.78 is 10.9. The Morgan fingerprint density at radius 3 is 2.81 bits per heavy atom. The van der Waals surface area contributed by atoms with Gasteiger partial charge in [-0.25, -0.2) is 0 Å². The standard InChI is InChI=1S/C21H19ClN2O2/c1-25-16-5-3-4-14(10-16)19-13-20-18-11-15(22)12-21(26-2)17(18)6-8-24(20)9-7-23-19/h3-5,7,9-13H,6,8H2,1-2H3. The van der Waals surface area contributed by atoms with E-state index < -0.39 is 0 Å². The van der Waals surface area contributed by atoms with Gasteiger partial charge < -0.3 is 14.4 Å². The topological polar surface area (TPSA) is 34.1 Å². The maximum atomic E-state index is 6.34. The number of rotatable bonds is 3. The molecule has 2 aliphatic heterocycles. The monoisotopic (exact) mass is 366 g/mol. The average molecular weight is 367 g/mol. The van der Waals surface area contributed by atoms with E-state index in [0.717, 1.165) is 47.0 Å². The van der Waals surface area contributed by atoms with Gasteiger partial charge in [-0.05, 0) is 36.8 Å². The Bertz CT molecular complexity index is 947. The molecule has 4 rings (SSSR count). The molecule has 132 valence electrons. The van der Waals surface area contributed by atoms with Crippen LogP contribution in [0.25, 0.3) is 5.70 Å². The highest BCUT2D eigenvalue weighted by atomic mass is 35.5. The molecular weight excluding hydrogens is 348 g/mol. The van der Waals surface area contributed by atoms with Crippen molar-refractivity contribution in [2.45, 2.75) is 6.42 Å². The highest BCUT2D eigenvalue weighted by Crippen LogP contribution is 2.38. The molecule has 0 aliphatic carbocycles. The van der Waals surface area contributed by atoms with Crippen molar-refractivity contribution in [2.75, 3.05) is 20.8 Å². The van der Waals surface area contributed by atoms with Crippen LogP contribution in [0.4, 0.5) is 0 Å². The first-order valence-corrected chi connectivity index (χ1v) is 8.81. The fourth-order valence-electron chi connectivity index (χ4n) is 3.40. The molecule has 0 N–H and O–H groups in total. The van der Waals surface area contributed by atoms with Crippen LogP contribution in [0.5, 0.6) is 11.5 Å².